The van der Waals surface area contributed by atoms with E-state index in [1.807, 2.05) is 24.3 Å². The van der Waals surface area contributed by atoms with Crippen LogP contribution in [0.2, 0.25) is 0 Å². The SMILES string of the molecule is O=C(O)C1CC(OC2CCCCO2)CN1C(=O)OCC1c2ccccc2-c2ccccc21. The van der Waals surface area contributed by atoms with Crippen molar-refractivity contribution in [1.29, 1.82) is 0 Å². The molecule has 1 N–H and O–H groups in total. The van der Waals surface area contributed by atoms with Gasteiger partial charge in [0.25, 0.3) is 0 Å². The maximum atomic E-state index is 12.9. The number of carbonyl (C=O) groups excluding carboxylic acids is 1. The van der Waals surface area contributed by atoms with E-state index in [1.165, 1.54) is 4.90 Å². The highest BCUT2D eigenvalue weighted by Crippen LogP contribution is 2.44. The third-order valence-corrected chi connectivity index (χ3v) is 6.60. The molecule has 0 bridgehead atoms. The Hall–Kier alpha value is -2.90. The van der Waals surface area contributed by atoms with Crippen LogP contribution < -0.4 is 0 Å². The van der Waals surface area contributed by atoms with Crippen LogP contribution in [-0.2, 0) is 19.0 Å². The highest BCUT2D eigenvalue weighted by atomic mass is 16.7. The third-order valence-electron chi connectivity index (χ3n) is 6.60. The van der Waals surface area contributed by atoms with Gasteiger partial charge in [-0.05, 0) is 41.5 Å². The van der Waals surface area contributed by atoms with Crippen molar-refractivity contribution in [3.05, 3.63) is 59.7 Å². The van der Waals surface area contributed by atoms with Gasteiger partial charge in [-0.25, -0.2) is 9.59 Å². The summed E-state index contributed by atoms with van der Waals surface area (Å²) >= 11 is 0. The molecular formula is C25H27NO6. The van der Waals surface area contributed by atoms with E-state index in [9.17, 15) is 14.7 Å². The molecule has 2 heterocycles. The molecule has 3 aliphatic rings. The molecule has 1 aliphatic carbocycles. The molecule has 1 amide bonds. The fourth-order valence-electron chi connectivity index (χ4n) is 5.04. The summed E-state index contributed by atoms with van der Waals surface area (Å²) in [5, 5.41) is 9.66. The molecule has 0 radical (unpaired) electrons. The molecule has 5 rings (SSSR count). The predicted octanol–water partition coefficient (Wildman–Crippen LogP) is 4.01. The number of ether oxygens (including phenoxy) is 3. The summed E-state index contributed by atoms with van der Waals surface area (Å²) < 4.78 is 17.2. The van der Waals surface area contributed by atoms with Crippen LogP contribution in [0.25, 0.3) is 11.1 Å². The summed E-state index contributed by atoms with van der Waals surface area (Å²) in [5.41, 5.74) is 4.53. The summed E-state index contributed by atoms with van der Waals surface area (Å²) in [4.78, 5) is 26.0. The lowest BCUT2D eigenvalue weighted by atomic mass is 9.98. The number of hydrogen-bond acceptors (Lipinski definition) is 5. The monoisotopic (exact) mass is 437 g/mol. The number of carbonyl (C=O) groups is 2. The number of rotatable bonds is 5. The van der Waals surface area contributed by atoms with Gasteiger partial charge in [-0.1, -0.05) is 48.5 Å². The van der Waals surface area contributed by atoms with Gasteiger partial charge in [0.15, 0.2) is 6.29 Å². The molecule has 32 heavy (non-hydrogen) atoms. The van der Waals surface area contributed by atoms with Crippen LogP contribution in [0.1, 0.15) is 42.7 Å². The van der Waals surface area contributed by atoms with E-state index >= 15 is 0 Å². The molecule has 0 aromatic heterocycles. The van der Waals surface area contributed by atoms with Crippen LogP contribution in [0.15, 0.2) is 48.5 Å². The fraction of sp³-hybridized carbons (Fsp3) is 0.440. The number of likely N-dealkylation sites (tertiary alicyclic amines) is 1. The highest BCUT2D eigenvalue weighted by molar-refractivity contribution is 5.81. The van der Waals surface area contributed by atoms with Gasteiger partial charge in [0, 0.05) is 18.9 Å². The summed E-state index contributed by atoms with van der Waals surface area (Å²) in [7, 11) is 0. The third kappa shape index (κ3) is 3.98. The van der Waals surface area contributed by atoms with Crippen LogP contribution in [-0.4, -0.2) is 60.3 Å². The van der Waals surface area contributed by atoms with E-state index in [4.69, 9.17) is 14.2 Å². The first-order valence-corrected chi connectivity index (χ1v) is 11.2. The van der Waals surface area contributed by atoms with Gasteiger partial charge >= 0.3 is 12.1 Å². The lowest BCUT2D eigenvalue weighted by molar-refractivity contribution is -0.185. The van der Waals surface area contributed by atoms with E-state index < -0.39 is 18.1 Å². The maximum absolute atomic E-state index is 12.9. The minimum Gasteiger partial charge on any atom is -0.480 e. The lowest BCUT2D eigenvalue weighted by Gasteiger charge is -2.26. The Bertz CT molecular complexity index is 956. The summed E-state index contributed by atoms with van der Waals surface area (Å²) in [6.07, 6.45) is 1.74. The van der Waals surface area contributed by atoms with E-state index in [0.717, 1.165) is 41.5 Å². The lowest BCUT2D eigenvalue weighted by Crippen LogP contribution is -2.41. The number of benzene rings is 2. The average molecular weight is 437 g/mol. The molecule has 2 fully saturated rings. The number of hydrogen-bond donors (Lipinski definition) is 1. The Balaban J connectivity index is 1.26. The number of carboxylic acid groups (broad SMARTS) is 1. The Labute approximate surface area is 186 Å². The van der Waals surface area contributed by atoms with E-state index in [0.29, 0.717) is 6.61 Å². The first-order chi connectivity index (χ1) is 15.6. The molecule has 168 valence electrons. The van der Waals surface area contributed by atoms with E-state index in [1.54, 1.807) is 0 Å². The van der Waals surface area contributed by atoms with E-state index in [2.05, 4.69) is 24.3 Å². The highest BCUT2D eigenvalue weighted by Gasteiger charge is 2.42. The van der Waals surface area contributed by atoms with Crippen LogP contribution in [0.4, 0.5) is 4.79 Å². The molecule has 2 saturated heterocycles. The zero-order valence-electron chi connectivity index (χ0n) is 17.8. The minimum atomic E-state index is -1.05. The molecule has 3 atom stereocenters. The van der Waals surface area contributed by atoms with Crippen LogP contribution in [0.5, 0.6) is 0 Å². The molecule has 7 heteroatoms. The van der Waals surface area contributed by atoms with Crippen LogP contribution in [0, 0.1) is 0 Å². The number of nitrogens with zero attached hydrogens (tertiary/aromatic N) is 1. The number of carboxylic acids is 1. The Morgan fingerprint density at radius 3 is 2.34 bits per heavy atom. The summed E-state index contributed by atoms with van der Waals surface area (Å²) in [6.45, 7) is 0.996. The van der Waals surface area contributed by atoms with Crippen molar-refractivity contribution in [2.75, 3.05) is 19.8 Å². The molecule has 2 aromatic rings. The van der Waals surface area contributed by atoms with Crippen molar-refractivity contribution in [3.8, 4) is 11.1 Å². The molecule has 2 aromatic carbocycles. The zero-order chi connectivity index (χ0) is 22.1. The van der Waals surface area contributed by atoms with Gasteiger partial charge in [-0.15, -0.1) is 0 Å². The van der Waals surface area contributed by atoms with Gasteiger partial charge in [-0.3, -0.25) is 4.90 Å². The fourth-order valence-corrected chi connectivity index (χ4v) is 5.04. The van der Waals surface area contributed by atoms with Crippen molar-refractivity contribution < 1.29 is 28.9 Å². The predicted molar refractivity (Wildman–Crippen MR) is 116 cm³/mol. The van der Waals surface area contributed by atoms with Crippen molar-refractivity contribution in [2.45, 2.75) is 50.0 Å². The van der Waals surface area contributed by atoms with Crippen molar-refractivity contribution in [3.63, 3.8) is 0 Å². The molecule has 0 spiro atoms. The molecular weight excluding hydrogens is 410 g/mol. The zero-order valence-corrected chi connectivity index (χ0v) is 17.8. The Morgan fingerprint density at radius 1 is 1.03 bits per heavy atom. The second-order valence-corrected chi connectivity index (χ2v) is 8.60. The minimum absolute atomic E-state index is 0.0695. The van der Waals surface area contributed by atoms with Gasteiger partial charge in [0.05, 0.1) is 12.6 Å². The first-order valence-electron chi connectivity index (χ1n) is 11.2. The summed E-state index contributed by atoms with van der Waals surface area (Å²) in [5.74, 6) is -1.12. The second kappa shape index (κ2) is 8.92. The van der Waals surface area contributed by atoms with Gasteiger partial charge in [0.2, 0.25) is 0 Å². The smallest absolute Gasteiger partial charge is 0.410 e. The van der Waals surface area contributed by atoms with Crippen molar-refractivity contribution in [2.24, 2.45) is 0 Å². The van der Waals surface area contributed by atoms with Crippen LogP contribution >= 0.6 is 0 Å². The second-order valence-electron chi connectivity index (χ2n) is 8.60. The van der Waals surface area contributed by atoms with Gasteiger partial charge < -0.3 is 19.3 Å². The first kappa shape index (κ1) is 21.0. The maximum Gasteiger partial charge on any atom is 0.410 e. The molecule has 2 aliphatic heterocycles. The van der Waals surface area contributed by atoms with Gasteiger partial charge in [-0.2, -0.15) is 0 Å². The van der Waals surface area contributed by atoms with E-state index in [-0.39, 0.29) is 37.9 Å². The Morgan fingerprint density at radius 2 is 1.72 bits per heavy atom. The molecule has 3 unspecified atom stereocenters. The number of amides is 1. The van der Waals surface area contributed by atoms with Crippen LogP contribution in [0.3, 0.4) is 0 Å². The normalized spacial score (nSPS) is 24.8. The Kier molecular flexibility index (Phi) is 5.85. The average Bonchev–Trinajstić information content (AvgIpc) is 3.38. The van der Waals surface area contributed by atoms with Crippen molar-refractivity contribution >= 4 is 12.1 Å². The topological polar surface area (TPSA) is 85.3 Å². The quantitative estimate of drug-likeness (QED) is 0.761. The molecule has 7 nitrogen and oxygen atoms in total. The molecule has 0 saturated carbocycles. The van der Waals surface area contributed by atoms with Gasteiger partial charge in [0.1, 0.15) is 12.6 Å². The van der Waals surface area contributed by atoms with Crippen molar-refractivity contribution in [1.82, 2.24) is 4.90 Å². The number of fused-ring (bicyclic) bond motifs is 3. The standard InChI is InChI=1S/C25H27NO6/c27-24(28)22-13-16(32-23-11-5-6-12-30-23)14-26(22)25(29)31-15-21-19-9-3-1-7-17(19)18-8-2-4-10-20(18)21/h1-4,7-10,16,21-23H,5-6,11-15H2,(H,27,28). The summed E-state index contributed by atoms with van der Waals surface area (Å²) in [6, 6.07) is 15.3. The number of aliphatic carboxylic acids is 1. The largest absolute Gasteiger partial charge is 0.480 e.